The van der Waals surface area contributed by atoms with Crippen molar-refractivity contribution in [3.05, 3.63) is 81.3 Å². The second-order valence-corrected chi connectivity index (χ2v) is 8.79. The molecule has 0 bridgehead atoms. The van der Waals surface area contributed by atoms with Crippen LogP contribution in [0.3, 0.4) is 0 Å². The predicted octanol–water partition coefficient (Wildman–Crippen LogP) is 3.96. The van der Waals surface area contributed by atoms with E-state index in [1.807, 2.05) is 44.3 Å². The van der Waals surface area contributed by atoms with E-state index >= 15 is 0 Å². The number of pyridine rings is 1. The summed E-state index contributed by atoms with van der Waals surface area (Å²) in [5, 5.41) is 10.4. The summed E-state index contributed by atoms with van der Waals surface area (Å²) in [7, 11) is 6.39. The lowest BCUT2D eigenvalue weighted by molar-refractivity contribution is 0.0598. The molecule has 2 aromatic heterocycles. The molecule has 0 amide bonds. The highest BCUT2D eigenvalue weighted by molar-refractivity contribution is 5.91. The van der Waals surface area contributed by atoms with Crippen molar-refractivity contribution in [2.24, 2.45) is 7.05 Å². The number of benzene rings is 2. The van der Waals surface area contributed by atoms with Gasteiger partial charge in [-0.1, -0.05) is 13.0 Å². The first-order valence-corrected chi connectivity index (χ1v) is 12.1. The number of hydrogen-bond acceptors (Lipinski definition) is 6. The van der Waals surface area contributed by atoms with Crippen LogP contribution in [0.1, 0.15) is 34.1 Å². The van der Waals surface area contributed by atoms with Gasteiger partial charge in [-0.25, -0.2) is 4.79 Å². The molecule has 0 unspecified atom stereocenters. The number of rotatable bonds is 9. The maximum absolute atomic E-state index is 13.7. The van der Waals surface area contributed by atoms with Gasteiger partial charge in [0.05, 0.1) is 33.6 Å². The number of carbonyl (C=O) groups is 1. The smallest absolute Gasteiger partial charge is 0.343 e. The molecular formula is C29H32N2O6. The highest BCUT2D eigenvalue weighted by Gasteiger charge is 2.22. The van der Waals surface area contributed by atoms with Crippen LogP contribution in [0.4, 0.5) is 0 Å². The molecule has 0 aliphatic heterocycles. The molecule has 0 atom stereocenters. The molecule has 0 spiro atoms. The molecular weight excluding hydrogens is 472 g/mol. The first-order valence-electron chi connectivity index (χ1n) is 12.1. The number of aliphatic hydroxyl groups excluding tert-OH is 1. The Hall–Kier alpha value is -4.04. The second-order valence-electron chi connectivity index (χ2n) is 8.79. The van der Waals surface area contributed by atoms with Gasteiger partial charge in [0.25, 0.3) is 5.56 Å². The normalized spacial score (nSPS) is 11.1. The van der Waals surface area contributed by atoms with Crippen molar-refractivity contribution in [3.8, 4) is 22.8 Å². The average molecular weight is 505 g/mol. The van der Waals surface area contributed by atoms with E-state index in [0.717, 1.165) is 39.0 Å². The van der Waals surface area contributed by atoms with Crippen molar-refractivity contribution in [3.63, 3.8) is 0 Å². The zero-order valence-electron chi connectivity index (χ0n) is 21.8. The molecule has 8 heteroatoms. The van der Waals surface area contributed by atoms with Crippen LogP contribution in [0.2, 0.25) is 0 Å². The summed E-state index contributed by atoms with van der Waals surface area (Å²) in [5.74, 6) is 0.540. The van der Waals surface area contributed by atoms with Gasteiger partial charge in [-0.15, -0.1) is 0 Å². The van der Waals surface area contributed by atoms with E-state index in [1.165, 1.54) is 7.11 Å². The van der Waals surface area contributed by atoms with E-state index in [0.29, 0.717) is 24.3 Å². The molecule has 0 saturated heterocycles. The number of hydrogen-bond donors (Lipinski definition) is 1. The van der Waals surface area contributed by atoms with E-state index in [-0.39, 0.29) is 18.7 Å². The molecule has 0 fully saturated rings. The van der Waals surface area contributed by atoms with Crippen LogP contribution in [0, 0.1) is 0 Å². The fourth-order valence-electron chi connectivity index (χ4n) is 4.80. The number of ether oxygens (including phenoxy) is 3. The highest BCUT2D eigenvalue weighted by atomic mass is 16.5. The highest BCUT2D eigenvalue weighted by Crippen LogP contribution is 2.31. The van der Waals surface area contributed by atoms with Crippen molar-refractivity contribution in [2.75, 3.05) is 27.9 Å². The van der Waals surface area contributed by atoms with Crippen LogP contribution in [0.25, 0.3) is 22.2 Å². The van der Waals surface area contributed by atoms with E-state index in [9.17, 15) is 14.7 Å². The van der Waals surface area contributed by atoms with Crippen molar-refractivity contribution in [1.82, 2.24) is 9.13 Å². The number of esters is 1. The van der Waals surface area contributed by atoms with E-state index in [1.54, 1.807) is 30.9 Å². The van der Waals surface area contributed by atoms with Crippen LogP contribution in [-0.4, -0.2) is 48.1 Å². The fourth-order valence-corrected chi connectivity index (χ4v) is 4.80. The number of fused-ring (bicyclic) bond motifs is 1. The molecule has 1 N–H and O–H groups in total. The molecule has 4 rings (SSSR count). The van der Waals surface area contributed by atoms with Gasteiger partial charge in [-0.2, -0.15) is 0 Å². The van der Waals surface area contributed by atoms with Crippen molar-refractivity contribution in [2.45, 2.75) is 26.3 Å². The van der Waals surface area contributed by atoms with E-state index < -0.39 is 11.5 Å². The van der Waals surface area contributed by atoms with E-state index in [4.69, 9.17) is 14.2 Å². The van der Waals surface area contributed by atoms with Gasteiger partial charge in [0.2, 0.25) is 0 Å². The summed E-state index contributed by atoms with van der Waals surface area (Å²) in [5.41, 5.74) is 4.79. The molecule has 0 aliphatic rings. The lowest BCUT2D eigenvalue weighted by Gasteiger charge is -2.20. The van der Waals surface area contributed by atoms with Crippen LogP contribution in [-0.2, 0) is 31.2 Å². The lowest BCUT2D eigenvalue weighted by atomic mass is 9.99. The van der Waals surface area contributed by atoms with Crippen LogP contribution >= 0.6 is 0 Å². The SMILES string of the molecule is CCc1cc(C(=O)OC)c(=O)n(Cc2ccc(OC)cc2OC)c1-c1ccc2c(c1)cc(CCO)n2C. The zero-order chi connectivity index (χ0) is 26.7. The minimum absolute atomic E-state index is 0.0124. The maximum Gasteiger partial charge on any atom is 0.343 e. The van der Waals surface area contributed by atoms with Crippen LogP contribution in [0.15, 0.2) is 53.3 Å². The minimum Gasteiger partial charge on any atom is -0.497 e. The van der Waals surface area contributed by atoms with Crippen molar-refractivity contribution >= 4 is 16.9 Å². The number of nitrogens with zero attached hydrogens (tertiary/aromatic N) is 2. The third-order valence-corrected chi connectivity index (χ3v) is 6.76. The van der Waals surface area contributed by atoms with Crippen molar-refractivity contribution < 1.29 is 24.1 Å². The van der Waals surface area contributed by atoms with Crippen LogP contribution in [0.5, 0.6) is 11.5 Å². The molecule has 0 aliphatic carbocycles. The number of methoxy groups -OCH3 is 3. The first kappa shape index (κ1) is 26.0. The standard InChI is InChI=1S/C29H32N2O6/c1-6-18-15-24(29(34)37-5)28(33)31(17-20-7-9-23(35-3)16-26(20)36-4)27(18)19-8-10-25-21(13-19)14-22(11-12-32)30(25)2/h7-10,13-16,32H,6,11-12,17H2,1-5H3. The molecule has 37 heavy (non-hydrogen) atoms. The number of aromatic nitrogens is 2. The third kappa shape index (κ3) is 4.84. The molecule has 0 radical (unpaired) electrons. The Morgan fingerprint density at radius 3 is 2.41 bits per heavy atom. The lowest BCUT2D eigenvalue weighted by Crippen LogP contribution is -2.30. The van der Waals surface area contributed by atoms with Gasteiger partial charge < -0.3 is 28.5 Å². The van der Waals surface area contributed by atoms with Gasteiger partial charge in [-0.3, -0.25) is 4.79 Å². The Bertz CT molecular complexity index is 1520. The van der Waals surface area contributed by atoms with E-state index in [2.05, 4.69) is 10.6 Å². The molecule has 4 aromatic rings. The summed E-state index contributed by atoms with van der Waals surface area (Å²) in [4.78, 5) is 26.3. The summed E-state index contributed by atoms with van der Waals surface area (Å²) in [6.45, 7) is 2.24. The Balaban J connectivity index is 1.98. The fraction of sp³-hybridized carbons (Fsp3) is 0.310. The molecule has 0 saturated carbocycles. The van der Waals surface area contributed by atoms with Crippen LogP contribution < -0.4 is 15.0 Å². The average Bonchev–Trinajstić information content (AvgIpc) is 3.23. The monoisotopic (exact) mass is 504 g/mol. The van der Waals surface area contributed by atoms with Gasteiger partial charge in [0, 0.05) is 48.3 Å². The number of aryl methyl sites for hydroxylation is 2. The Morgan fingerprint density at radius 2 is 1.76 bits per heavy atom. The molecule has 2 aromatic carbocycles. The molecule has 194 valence electrons. The first-order chi connectivity index (χ1) is 17.9. The number of carbonyl (C=O) groups excluding carboxylic acids is 1. The minimum atomic E-state index is -0.672. The Labute approximate surface area is 215 Å². The van der Waals surface area contributed by atoms with Gasteiger partial charge in [-0.05, 0) is 53.9 Å². The van der Waals surface area contributed by atoms with Gasteiger partial charge in [0.15, 0.2) is 0 Å². The Morgan fingerprint density at radius 1 is 0.973 bits per heavy atom. The largest absolute Gasteiger partial charge is 0.497 e. The van der Waals surface area contributed by atoms with Gasteiger partial charge in [0.1, 0.15) is 17.1 Å². The van der Waals surface area contributed by atoms with Gasteiger partial charge >= 0.3 is 5.97 Å². The topological polar surface area (TPSA) is 91.9 Å². The quantitative estimate of drug-likeness (QED) is 0.347. The maximum atomic E-state index is 13.7. The summed E-state index contributed by atoms with van der Waals surface area (Å²) in [6.07, 6.45) is 1.15. The summed E-state index contributed by atoms with van der Waals surface area (Å²) < 4.78 is 19.5. The number of aliphatic hydroxyl groups is 1. The molecule has 2 heterocycles. The predicted molar refractivity (Wildman–Crippen MR) is 143 cm³/mol. The third-order valence-electron chi connectivity index (χ3n) is 6.76. The summed E-state index contributed by atoms with van der Waals surface area (Å²) in [6, 6.07) is 15.2. The van der Waals surface area contributed by atoms with Crippen molar-refractivity contribution in [1.29, 1.82) is 0 Å². The second kappa shape index (κ2) is 10.9. The molecule has 8 nitrogen and oxygen atoms in total. The Kier molecular flexibility index (Phi) is 7.69. The zero-order valence-corrected chi connectivity index (χ0v) is 21.8. The summed E-state index contributed by atoms with van der Waals surface area (Å²) >= 11 is 0.